The van der Waals surface area contributed by atoms with Crippen LogP contribution >= 0.6 is 24.4 Å². The van der Waals surface area contributed by atoms with E-state index in [1.54, 1.807) is 0 Å². The Morgan fingerprint density at radius 2 is 1.10 bits per heavy atom. The lowest BCUT2D eigenvalue weighted by Crippen LogP contribution is -1.78. The molecule has 3 rings (SSSR count). The second-order valence-electron chi connectivity index (χ2n) is 4.42. The van der Waals surface area contributed by atoms with Crippen molar-refractivity contribution < 1.29 is 0 Å². The number of thiol groups is 1. The van der Waals surface area contributed by atoms with Gasteiger partial charge in [0, 0.05) is 15.5 Å². The van der Waals surface area contributed by atoms with Crippen molar-refractivity contribution in [3.8, 4) is 0 Å². The van der Waals surface area contributed by atoms with Crippen LogP contribution < -0.4 is 0 Å². The van der Waals surface area contributed by atoms with Crippen molar-refractivity contribution in [1.29, 1.82) is 0 Å². The minimum atomic E-state index is 1.02. The van der Waals surface area contributed by atoms with Crippen molar-refractivity contribution >= 4 is 24.4 Å². The fourth-order valence-corrected chi connectivity index (χ4v) is 2.73. The maximum absolute atomic E-state index is 4.08. The molecule has 0 saturated heterocycles. The Balaban J connectivity index is 0.000000194. The van der Waals surface area contributed by atoms with Gasteiger partial charge in [-0.25, -0.2) is 0 Å². The lowest BCUT2D eigenvalue weighted by Gasteiger charge is -2.00. The van der Waals surface area contributed by atoms with E-state index in [-0.39, 0.29) is 0 Å². The van der Waals surface area contributed by atoms with E-state index in [0.717, 1.165) is 10.6 Å². The van der Waals surface area contributed by atoms with Gasteiger partial charge in [0.25, 0.3) is 0 Å². The van der Waals surface area contributed by atoms with Gasteiger partial charge in [0.1, 0.15) is 0 Å². The van der Waals surface area contributed by atoms with Crippen LogP contribution in [0.3, 0.4) is 0 Å². The normalized spacial score (nSPS) is 9.57. The average Bonchev–Trinajstić information content (AvgIpc) is 2.56. The van der Waals surface area contributed by atoms with E-state index in [2.05, 4.69) is 67.2 Å². The summed E-state index contributed by atoms with van der Waals surface area (Å²) in [5.41, 5.74) is 1.38. The Hall–Kier alpha value is -1.64. The first-order valence-corrected chi connectivity index (χ1v) is 8.23. The van der Waals surface area contributed by atoms with Crippen LogP contribution in [0.25, 0.3) is 0 Å². The molecule has 0 aliphatic heterocycles. The number of benzene rings is 3. The third kappa shape index (κ3) is 6.56. The zero-order valence-electron chi connectivity index (χ0n) is 11.7. The molecule has 2 heteroatoms. The molecule has 106 valence electrons. The van der Waals surface area contributed by atoms with Crippen LogP contribution in [0.15, 0.2) is 101 Å². The number of hydrogen-bond acceptors (Lipinski definition) is 2. The van der Waals surface area contributed by atoms with Gasteiger partial charge in [-0.3, -0.25) is 0 Å². The lowest BCUT2D eigenvalue weighted by atomic mass is 10.2. The Morgan fingerprint density at radius 1 is 0.619 bits per heavy atom. The number of rotatable bonds is 3. The van der Waals surface area contributed by atoms with Gasteiger partial charge in [0.15, 0.2) is 0 Å². The SMILES string of the molecule is Sc1ccccc1.c1ccc(CSc2ccccc2)cc1. The first kappa shape index (κ1) is 15.7. The van der Waals surface area contributed by atoms with Crippen LogP contribution in [0.2, 0.25) is 0 Å². The molecule has 0 spiro atoms. The quantitative estimate of drug-likeness (QED) is 0.460. The molecule has 3 aromatic carbocycles. The standard InChI is InChI=1S/C13H12S.C6H6S/c1-3-7-12(8-4-1)11-14-13-9-5-2-6-10-13;7-6-4-2-1-3-5-6/h1-10H,11H2;1-5,7H. The van der Waals surface area contributed by atoms with Gasteiger partial charge in [-0.15, -0.1) is 24.4 Å². The molecule has 0 fully saturated rings. The van der Waals surface area contributed by atoms with Crippen molar-refractivity contribution in [3.63, 3.8) is 0 Å². The largest absolute Gasteiger partial charge is 0.143 e. The first-order chi connectivity index (χ1) is 10.3. The van der Waals surface area contributed by atoms with E-state index in [4.69, 9.17) is 0 Å². The molecule has 0 bridgehead atoms. The van der Waals surface area contributed by atoms with Crippen LogP contribution in [-0.2, 0) is 5.75 Å². The summed E-state index contributed by atoms with van der Waals surface area (Å²) < 4.78 is 0. The summed E-state index contributed by atoms with van der Waals surface area (Å²) in [4.78, 5) is 2.35. The molecular formula is C19H18S2. The first-order valence-electron chi connectivity index (χ1n) is 6.80. The van der Waals surface area contributed by atoms with Crippen LogP contribution in [0, 0.1) is 0 Å². The molecule has 0 N–H and O–H groups in total. The van der Waals surface area contributed by atoms with Gasteiger partial charge >= 0.3 is 0 Å². The summed E-state index contributed by atoms with van der Waals surface area (Å²) in [6, 6.07) is 30.8. The second-order valence-corrected chi connectivity index (χ2v) is 5.99. The van der Waals surface area contributed by atoms with Gasteiger partial charge in [-0.05, 0) is 29.8 Å². The summed E-state index contributed by atoms with van der Waals surface area (Å²) in [5, 5.41) is 0. The highest BCUT2D eigenvalue weighted by Gasteiger charge is 1.93. The molecule has 0 aliphatic carbocycles. The smallest absolute Gasteiger partial charge is 0.0231 e. The maximum atomic E-state index is 4.08. The molecule has 0 aromatic heterocycles. The number of thioether (sulfide) groups is 1. The van der Waals surface area contributed by atoms with E-state index in [1.165, 1.54) is 10.5 Å². The van der Waals surface area contributed by atoms with Crippen LogP contribution in [0.1, 0.15) is 5.56 Å². The Morgan fingerprint density at radius 3 is 1.57 bits per heavy atom. The van der Waals surface area contributed by atoms with Gasteiger partial charge in [0.05, 0.1) is 0 Å². The van der Waals surface area contributed by atoms with Crippen LogP contribution in [-0.4, -0.2) is 0 Å². The highest BCUT2D eigenvalue weighted by molar-refractivity contribution is 7.98. The summed E-state index contributed by atoms with van der Waals surface area (Å²) in [6.07, 6.45) is 0. The molecule has 0 unspecified atom stereocenters. The monoisotopic (exact) mass is 310 g/mol. The van der Waals surface area contributed by atoms with E-state index in [9.17, 15) is 0 Å². The predicted molar refractivity (Wildman–Crippen MR) is 96.1 cm³/mol. The zero-order valence-corrected chi connectivity index (χ0v) is 13.4. The van der Waals surface area contributed by atoms with Crippen molar-refractivity contribution in [2.45, 2.75) is 15.5 Å². The van der Waals surface area contributed by atoms with Crippen molar-refractivity contribution in [2.24, 2.45) is 0 Å². The molecule has 3 aromatic rings. The predicted octanol–water partition coefficient (Wildman–Crippen LogP) is 5.95. The van der Waals surface area contributed by atoms with E-state index in [1.807, 2.05) is 48.2 Å². The summed E-state index contributed by atoms with van der Waals surface area (Å²) >= 11 is 5.96. The van der Waals surface area contributed by atoms with Gasteiger partial charge < -0.3 is 0 Å². The Kier molecular flexibility index (Phi) is 6.99. The molecular weight excluding hydrogens is 292 g/mol. The summed E-state index contributed by atoms with van der Waals surface area (Å²) in [7, 11) is 0. The highest BCUT2D eigenvalue weighted by Crippen LogP contribution is 2.21. The van der Waals surface area contributed by atoms with Crippen molar-refractivity contribution in [3.05, 3.63) is 96.6 Å². The molecule has 0 heterocycles. The van der Waals surface area contributed by atoms with E-state index in [0.29, 0.717) is 0 Å². The van der Waals surface area contributed by atoms with Gasteiger partial charge in [0.2, 0.25) is 0 Å². The number of hydrogen-bond donors (Lipinski definition) is 1. The fraction of sp³-hybridized carbons (Fsp3) is 0.0526. The van der Waals surface area contributed by atoms with Crippen molar-refractivity contribution in [1.82, 2.24) is 0 Å². The zero-order chi connectivity index (χ0) is 14.8. The fourth-order valence-electron chi connectivity index (χ4n) is 1.69. The highest BCUT2D eigenvalue weighted by atomic mass is 32.2. The van der Waals surface area contributed by atoms with Crippen LogP contribution in [0.4, 0.5) is 0 Å². The molecule has 21 heavy (non-hydrogen) atoms. The second kappa shape index (κ2) is 9.32. The third-order valence-corrected chi connectivity index (χ3v) is 4.13. The van der Waals surface area contributed by atoms with Gasteiger partial charge in [-0.1, -0.05) is 66.7 Å². The maximum Gasteiger partial charge on any atom is 0.0231 e. The summed E-state index contributed by atoms with van der Waals surface area (Å²) in [6.45, 7) is 0. The molecule has 0 nitrogen and oxygen atoms in total. The van der Waals surface area contributed by atoms with E-state index >= 15 is 0 Å². The molecule has 0 atom stereocenters. The molecule has 0 amide bonds. The average molecular weight is 310 g/mol. The molecule has 0 aliphatic rings. The Bertz CT molecular complexity index is 567. The van der Waals surface area contributed by atoms with Crippen LogP contribution in [0.5, 0.6) is 0 Å². The topological polar surface area (TPSA) is 0 Å². The van der Waals surface area contributed by atoms with Gasteiger partial charge in [-0.2, -0.15) is 0 Å². The van der Waals surface area contributed by atoms with E-state index < -0.39 is 0 Å². The third-order valence-electron chi connectivity index (χ3n) is 2.75. The summed E-state index contributed by atoms with van der Waals surface area (Å²) in [5.74, 6) is 1.05. The minimum Gasteiger partial charge on any atom is -0.143 e. The Labute approximate surface area is 136 Å². The molecule has 0 saturated carbocycles. The molecule has 0 radical (unpaired) electrons. The minimum absolute atomic E-state index is 1.02. The van der Waals surface area contributed by atoms with Crippen molar-refractivity contribution in [2.75, 3.05) is 0 Å². The lowest BCUT2D eigenvalue weighted by molar-refractivity contribution is 1.38.